The molecule has 0 spiro atoms. The van der Waals surface area contributed by atoms with Crippen molar-refractivity contribution in [2.24, 2.45) is 5.92 Å². The van der Waals surface area contributed by atoms with E-state index in [0.29, 0.717) is 6.07 Å². The maximum atomic E-state index is 15.8. The minimum atomic E-state index is -5.55. The summed E-state index contributed by atoms with van der Waals surface area (Å²) in [5.74, 6) is -3.26. The Bertz CT molecular complexity index is 1540. The van der Waals surface area contributed by atoms with Gasteiger partial charge in [-0.1, -0.05) is 17.7 Å². The minimum absolute atomic E-state index is 0.00111. The Balaban J connectivity index is 1.73. The zero-order chi connectivity index (χ0) is 31.2. The van der Waals surface area contributed by atoms with Crippen LogP contribution >= 0.6 is 27.5 Å². The average Bonchev–Trinajstić information content (AvgIpc) is 3.71. The van der Waals surface area contributed by atoms with Crippen molar-refractivity contribution in [2.75, 3.05) is 16.8 Å². The van der Waals surface area contributed by atoms with E-state index in [1.165, 1.54) is 30.5 Å². The van der Waals surface area contributed by atoms with E-state index in [-0.39, 0.29) is 41.9 Å². The number of rotatable bonds is 7. The third kappa shape index (κ3) is 6.54. The molecule has 1 saturated carbocycles. The smallest absolute Gasteiger partial charge is 0.320 e. The molecule has 5 nitrogen and oxygen atoms in total. The van der Waals surface area contributed by atoms with E-state index < -0.39 is 62.5 Å². The van der Waals surface area contributed by atoms with Gasteiger partial charge in [0.05, 0.1) is 22.5 Å². The summed E-state index contributed by atoms with van der Waals surface area (Å²) in [6.45, 7) is 0.135. The van der Waals surface area contributed by atoms with Crippen LogP contribution in [0.3, 0.4) is 0 Å². The zero-order valence-corrected chi connectivity index (χ0v) is 23.6. The topological polar surface area (TPSA) is 62.3 Å². The normalized spacial score (nSPS) is 15.2. The van der Waals surface area contributed by atoms with Crippen LogP contribution in [0, 0.1) is 11.7 Å². The van der Waals surface area contributed by atoms with Crippen molar-refractivity contribution in [1.82, 2.24) is 4.98 Å². The largest absolute Gasteiger partial charge is 0.426 e. The average molecular weight is 685 g/mol. The van der Waals surface area contributed by atoms with Gasteiger partial charge in [-0.3, -0.25) is 9.59 Å². The number of benzene rings is 2. The lowest BCUT2D eigenvalue weighted by molar-refractivity contribution is -0.228. The van der Waals surface area contributed by atoms with Gasteiger partial charge >= 0.3 is 12.4 Å². The first-order valence-electron chi connectivity index (χ1n) is 12.1. The first-order chi connectivity index (χ1) is 19.4. The molecule has 2 aromatic carbocycles. The van der Waals surface area contributed by atoms with Gasteiger partial charge in [0.15, 0.2) is 5.82 Å². The van der Waals surface area contributed by atoms with Crippen LogP contribution < -0.4 is 10.2 Å². The monoisotopic (exact) mass is 683 g/mol. The molecule has 1 N–H and O–H groups in total. The highest BCUT2D eigenvalue weighted by Gasteiger charge is 2.54. The van der Waals surface area contributed by atoms with E-state index in [0.717, 1.165) is 23.8 Å². The number of nitrogens with one attached hydrogen (secondary N) is 1. The van der Waals surface area contributed by atoms with Crippen LogP contribution in [-0.2, 0) is 11.8 Å². The lowest BCUT2D eigenvalue weighted by Crippen LogP contribution is -2.35. The number of carbonyl (C=O) groups is 2. The van der Waals surface area contributed by atoms with Gasteiger partial charge in [0.1, 0.15) is 5.15 Å². The SMILES string of the molecule is CC(F)(c1cc(Br)c(NC(=O)c2cccc(N(CC3CC3)C(=O)c3ccnc(Cl)c3)c2F)c(C(F)(F)F)c1)C(F)(F)F. The molecule has 3 aromatic rings. The number of halogens is 10. The van der Waals surface area contributed by atoms with E-state index in [4.69, 9.17) is 11.6 Å². The van der Waals surface area contributed by atoms with Crippen molar-refractivity contribution < 1.29 is 44.7 Å². The molecule has 1 aliphatic rings. The Morgan fingerprint density at radius 2 is 1.74 bits per heavy atom. The van der Waals surface area contributed by atoms with Crippen molar-refractivity contribution in [1.29, 1.82) is 0 Å². The number of amides is 2. The lowest BCUT2D eigenvalue weighted by atomic mass is 9.94. The van der Waals surface area contributed by atoms with Crippen LogP contribution in [-0.4, -0.2) is 29.5 Å². The second kappa shape index (κ2) is 11.4. The fraction of sp³-hybridized carbons (Fsp3) is 0.296. The van der Waals surface area contributed by atoms with Gasteiger partial charge in [0, 0.05) is 22.8 Å². The van der Waals surface area contributed by atoms with Crippen molar-refractivity contribution in [3.8, 4) is 0 Å². The Morgan fingerprint density at radius 1 is 1.07 bits per heavy atom. The Hall–Kier alpha value is -3.26. The number of carbonyl (C=O) groups excluding carboxylic acids is 2. The van der Waals surface area contributed by atoms with Gasteiger partial charge in [0.25, 0.3) is 11.8 Å². The zero-order valence-electron chi connectivity index (χ0n) is 21.3. The summed E-state index contributed by atoms with van der Waals surface area (Å²) in [5, 5.41) is 1.87. The highest BCUT2D eigenvalue weighted by molar-refractivity contribution is 9.10. The minimum Gasteiger partial charge on any atom is -0.320 e. The second-order valence-electron chi connectivity index (χ2n) is 9.70. The third-order valence-corrected chi connectivity index (χ3v) is 7.41. The molecule has 1 atom stereocenters. The maximum Gasteiger partial charge on any atom is 0.426 e. The van der Waals surface area contributed by atoms with Gasteiger partial charge in [-0.2, -0.15) is 26.3 Å². The van der Waals surface area contributed by atoms with Crippen LogP contribution in [0.4, 0.5) is 46.5 Å². The van der Waals surface area contributed by atoms with E-state index in [2.05, 4.69) is 20.9 Å². The van der Waals surface area contributed by atoms with E-state index >= 15 is 4.39 Å². The molecule has 0 bridgehead atoms. The first kappa shape index (κ1) is 31.7. The van der Waals surface area contributed by atoms with Crippen LogP contribution in [0.15, 0.2) is 53.1 Å². The van der Waals surface area contributed by atoms with Crippen LogP contribution in [0.2, 0.25) is 5.15 Å². The molecule has 42 heavy (non-hydrogen) atoms. The summed E-state index contributed by atoms with van der Waals surface area (Å²) in [7, 11) is 0. The molecule has 1 aromatic heterocycles. The molecule has 0 radical (unpaired) electrons. The molecule has 0 saturated heterocycles. The number of aromatic nitrogens is 1. The standard InChI is InChI=1S/C27H19BrClF8N3O2/c1-25(31,27(35,36)37)15-10-17(26(32,33)34)22(18(28)11-15)39-23(41)16-3-2-4-19(21(16)30)40(12-13-5-6-13)24(42)14-7-8-38-20(29)9-14/h2-4,7-11,13H,5-6,12H2,1H3,(H,39,41). The van der Waals surface area contributed by atoms with Gasteiger partial charge in [-0.05, 0) is 83.6 Å². The predicted molar refractivity (Wildman–Crippen MR) is 142 cm³/mol. The predicted octanol–water partition coefficient (Wildman–Crippen LogP) is 8.71. The van der Waals surface area contributed by atoms with Crippen molar-refractivity contribution >= 4 is 50.7 Å². The number of hydrogen-bond donors (Lipinski definition) is 1. The van der Waals surface area contributed by atoms with Crippen molar-refractivity contribution in [2.45, 2.75) is 37.8 Å². The molecular formula is C27H19BrClF8N3O2. The van der Waals surface area contributed by atoms with Crippen LogP contribution in [0.25, 0.3) is 0 Å². The Kier molecular flexibility index (Phi) is 8.62. The molecule has 2 amide bonds. The summed E-state index contributed by atoms with van der Waals surface area (Å²) in [5.41, 5.74) is -9.41. The quantitative estimate of drug-likeness (QED) is 0.200. The van der Waals surface area contributed by atoms with Gasteiger partial charge < -0.3 is 10.2 Å². The summed E-state index contributed by atoms with van der Waals surface area (Å²) < 4.78 is 111. The van der Waals surface area contributed by atoms with E-state index in [9.17, 15) is 40.3 Å². The fourth-order valence-corrected chi connectivity index (χ4v) is 4.75. The Labute approximate surface area is 247 Å². The molecule has 1 fully saturated rings. The molecule has 4 rings (SSSR count). The molecular weight excluding hydrogens is 666 g/mol. The number of anilines is 2. The lowest BCUT2D eigenvalue weighted by Gasteiger charge is -2.26. The molecule has 1 aliphatic carbocycles. The van der Waals surface area contributed by atoms with Gasteiger partial charge in [-0.25, -0.2) is 13.8 Å². The highest BCUT2D eigenvalue weighted by atomic mass is 79.9. The molecule has 224 valence electrons. The molecule has 1 heterocycles. The van der Waals surface area contributed by atoms with Crippen molar-refractivity contribution in [3.63, 3.8) is 0 Å². The molecule has 0 aliphatic heterocycles. The van der Waals surface area contributed by atoms with Crippen LogP contribution in [0.5, 0.6) is 0 Å². The summed E-state index contributed by atoms with van der Waals surface area (Å²) >= 11 is 8.56. The highest BCUT2D eigenvalue weighted by Crippen LogP contribution is 2.47. The summed E-state index contributed by atoms with van der Waals surface area (Å²) in [6.07, 6.45) is -8.09. The Morgan fingerprint density at radius 3 is 2.31 bits per heavy atom. The molecule has 15 heteroatoms. The number of pyridine rings is 1. The fourth-order valence-electron chi connectivity index (χ4n) is 4.02. The van der Waals surface area contributed by atoms with Gasteiger partial charge in [-0.15, -0.1) is 0 Å². The molecule has 1 unspecified atom stereocenters. The van der Waals surface area contributed by atoms with Crippen molar-refractivity contribution in [3.05, 3.63) is 86.4 Å². The number of hydrogen-bond acceptors (Lipinski definition) is 3. The summed E-state index contributed by atoms with van der Waals surface area (Å²) in [4.78, 5) is 31.3. The number of alkyl halides is 7. The maximum absolute atomic E-state index is 15.8. The number of nitrogens with zero attached hydrogens (tertiary/aromatic N) is 2. The van der Waals surface area contributed by atoms with E-state index in [1.807, 2.05) is 5.32 Å². The summed E-state index contributed by atoms with van der Waals surface area (Å²) in [6, 6.07) is 6.36. The van der Waals surface area contributed by atoms with Crippen LogP contribution in [0.1, 0.15) is 51.6 Å². The van der Waals surface area contributed by atoms with E-state index in [1.54, 1.807) is 0 Å². The second-order valence-corrected chi connectivity index (χ2v) is 10.9. The third-order valence-electron chi connectivity index (χ3n) is 6.58. The van der Waals surface area contributed by atoms with Gasteiger partial charge in [0.2, 0.25) is 5.67 Å². The first-order valence-corrected chi connectivity index (χ1v) is 13.3.